The summed E-state index contributed by atoms with van der Waals surface area (Å²) in [7, 11) is 0. The van der Waals surface area contributed by atoms with Crippen LogP contribution in [-0.4, -0.2) is 16.2 Å². The zero-order valence-corrected chi connectivity index (χ0v) is 11.8. The Kier molecular flexibility index (Phi) is 4.34. The second-order valence-electron chi connectivity index (χ2n) is 4.11. The highest BCUT2D eigenvalue weighted by Gasteiger charge is 2.12. The average molecular weight is 325 g/mol. The van der Waals surface area contributed by atoms with Crippen molar-refractivity contribution >= 4 is 21.9 Å². The van der Waals surface area contributed by atoms with Crippen molar-refractivity contribution in [1.82, 2.24) is 10.5 Å². The first-order valence-corrected chi connectivity index (χ1v) is 6.54. The van der Waals surface area contributed by atoms with Gasteiger partial charge in [-0.15, -0.1) is 0 Å². The number of carbonyl (C=O) groups is 1. The molecule has 0 unspecified atom stereocenters. The van der Waals surface area contributed by atoms with Crippen LogP contribution in [0, 0.1) is 0 Å². The molecule has 1 atom stereocenters. The third-order valence-corrected chi connectivity index (χ3v) is 3.45. The minimum absolute atomic E-state index is 0.0784. The van der Waals surface area contributed by atoms with Crippen molar-refractivity contribution in [3.05, 3.63) is 51.8 Å². The molecule has 0 spiro atoms. The summed E-state index contributed by atoms with van der Waals surface area (Å²) < 4.78 is 5.96. The molecular formula is C13H13BrN2O3. The number of carboxylic acid groups (broad SMARTS) is 1. The van der Waals surface area contributed by atoms with E-state index in [1.165, 1.54) is 6.07 Å². The zero-order chi connectivity index (χ0) is 13.8. The summed E-state index contributed by atoms with van der Waals surface area (Å²) in [6.07, 6.45) is 0. The average Bonchev–Trinajstić information content (AvgIpc) is 2.85. The van der Waals surface area contributed by atoms with E-state index < -0.39 is 5.97 Å². The Balaban J connectivity index is 1.98. The molecule has 19 heavy (non-hydrogen) atoms. The van der Waals surface area contributed by atoms with Gasteiger partial charge in [-0.05, 0) is 18.6 Å². The number of carboxylic acids is 1. The van der Waals surface area contributed by atoms with Gasteiger partial charge in [-0.3, -0.25) is 0 Å². The lowest BCUT2D eigenvalue weighted by Gasteiger charge is -2.14. The number of hydrogen-bond acceptors (Lipinski definition) is 4. The molecule has 100 valence electrons. The number of nitrogens with zero attached hydrogens (tertiary/aromatic N) is 1. The van der Waals surface area contributed by atoms with E-state index in [1.54, 1.807) is 0 Å². The van der Waals surface area contributed by atoms with Crippen molar-refractivity contribution in [1.29, 1.82) is 0 Å². The molecule has 0 amide bonds. The van der Waals surface area contributed by atoms with E-state index in [2.05, 4.69) is 26.4 Å². The molecule has 0 saturated carbocycles. The molecule has 0 aliphatic carbocycles. The lowest BCUT2D eigenvalue weighted by molar-refractivity contribution is 0.0685. The maximum Gasteiger partial charge on any atom is 0.358 e. The number of halogens is 1. The van der Waals surface area contributed by atoms with Crippen LogP contribution in [0.15, 0.2) is 39.3 Å². The summed E-state index contributed by atoms with van der Waals surface area (Å²) in [6, 6.07) is 9.44. The molecule has 1 aromatic carbocycles. The van der Waals surface area contributed by atoms with E-state index in [1.807, 2.05) is 31.2 Å². The molecule has 2 N–H and O–H groups in total. The number of aromatic nitrogens is 1. The van der Waals surface area contributed by atoms with Crippen molar-refractivity contribution in [3.8, 4) is 0 Å². The maximum atomic E-state index is 10.7. The third kappa shape index (κ3) is 3.42. The Morgan fingerprint density at radius 1 is 1.53 bits per heavy atom. The number of nitrogens with one attached hydrogen (secondary N) is 1. The first-order chi connectivity index (χ1) is 9.08. The highest BCUT2D eigenvalue weighted by molar-refractivity contribution is 9.10. The maximum absolute atomic E-state index is 10.7. The van der Waals surface area contributed by atoms with Gasteiger partial charge in [0.05, 0.1) is 6.54 Å². The topological polar surface area (TPSA) is 75.4 Å². The van der Waals surface area contributed by atoms with E-state index in [9.17, 15) is 4.79 Å². The van der Waals surface area contributed by atoms with Crippen molar-refractivity contribution < 1.29 is 14.4 Å². The van der Waals surface area contributed by atoms with Gasteiger partial charge in [0.25, 0.3) is 0 Å². The van der Waals surface area contributed by atoms with Gasteiger partial charge >= 0.3 is 5.97 Å². The van der Waals surface area contributed by atoms with Gasteiger partial charge < -0.3 is 14.9 Å². The van der Waals surface area contributed by atoms with Gasteiger partial charge in [0.2, 0.25) is 0 Å². The van der Waals surface area contributed by atoms with Gasteiger partial charge in [-0.25, -0.2) is 4.79 Å². The van der Waals surface area contributed by atoms with Crippen LogP contribution in [-0.2, 0) is 6.54 Å². The number of benzene rings is 1. The normalized spacial score (nSPS) is 12.3. The van der Waals surface area contributed by atoms with Gasteiger partial charge in [-0.1, -0.05) is 39.3 Å². The fourth-order valence-corrected chi connectivity index (χ4v) is 2.32. The minimum Gasteiger partial charge on any atom is -0.476 e. The number of hydrogen-bond donors (Lipinski definition) is 2. The Morgan fingerprint density at radius 3 is 2.89 bits per heavy atom. The highest BCUT2D eigenvalue weighted by atomic mass is 79.9. The van der Waals surface area contributed by atoms with E-state index >= 15 is 0 Å². The lowest BCUT2D eigenvalue weighted by Crippen LogP contribution is -2.18. The van der Waals surface area contributed by atoms with Gasteiger partial charge in [0.1, 0.15) is 0 Å². The van der Waals surface area contributed by atoms with Crippen LogP contribution in [0.5, 0.6) is 0 Å². The smallest absolute Gasteiger partial charge is 0.358 e. The molecule has 2 aromatic rings. The summed E-state index contributed by atoms with van der Waals surface area (Å²) in [5, 5.41) is 15.5. The quantitative estimate of drug-likeness (QED) is 0.884. The van der Waals surface area contributed by atoms with E-state index in [0.717, 1.165) is 10.0 Å². The predicted octanol–water partition coefficient (Wildman–Crippen LogP) is 2.99. The molecule has 1 aromatic heterocycles. The first kappa shape index (κ1) is 13.8. The van der Waals surface area contributed by atoms with Crippen LogP contribution in [0.3, 0.4) is 0 Å². The number of rotatable bonds is 5. The second-order valence-corrected chi connectivity index (χ2v) is 4.96. The zero-order valence-electron chi connectivity index (χ0n) is 10.3. The largest absolute Gasteiger partial charge is 0.476 e. The Morgan fingerprint density at radius 2 is 2.26 bits per heavy atom. The van der Waals surface area contributed by atoms with Crippen LogP contribution >= 0.6 is 15.9 Å². The van der Waals surface area contributed by atoms with Crippen molar-refractivity contribution in [2.24, 2.45) is 0 Å². The standard InChI is InChI=1S/C13H13BrN2O3/c1-8(10-4-2-3-5-11(10)14)15-7-9-6-12(13(17)18)16-19-9/h2-6,8,15H,7H2,1H3,(H,17,18)/t8-/m0/s1. The Labute approximate surface area is 118 Å². The highest BCUT2D eigenvalue weighted by Crippen LogP contribution is 2.22. The summed E-state index contributed by atoms with van der Waals surface area (Å²) >= 11 is 3.49. The molecule has 0 bridgehead atoms. The summed E-state index contributed by atoms with van der Waals surface area (Å²) in [6.45, 7) is 2.44. The third-order valence-electron chi connectivity index (χ3n) is 2.73. The SMILES string of the molecule is C[C@H](NCc1cc(C(=O)O)no1)c1ccccc1Br. The van der Waals surface area contributed by atoms with Crippen LogP contribution < -0.4 is 5.32 Å². The van der Waals surface area contributed by atoms with E-state index in [4.69, 9.17) is 9.63 Å². The van der Waals surface area contributed by atoms with Gasteiger partial charge in [0.15, 0.2) is 11.5 Å². The molecule has 0 saturated heterocycles. The number of aromatic carboxylic acids is 1. The molecule has 0 fully saturated rings. The molecule has 1 heterocycles. The summed E-state index contributed by atoms with van der Waals surface area (Å²) in [5.41, 5.74) is 1.05. The molecule has 6 heteroatoms. The van der Waals surface area contributed by atoms with E-state index in [-0.39, 0.29) is 11.7 Å². The van der Waals surface area contributed by atoms with Crippen molar-refractivity contribution in [3.63, 3.8) is 0 Å². The fourth-order valence-electron chi connectivity index (χ4n) is 1.69. The molecule has 0 radical (unpaired) electrons. The van der Waals surface area contributed by atoms with Crippen LogP contribution in [0.1, 0.15) is 34.8 Å². The Bertz CT molecular complexity index is 583. The first-order valence-electron chi connectivity index (χ1n) is 5.74. The molecule has 5 nitrogen and oxygen atoms in total. The molecular weight excluding hydrogens is 312 g/mol. The summed E-state index contributed by atoms with van der Waals surface area (Å²) in [5.74, 6) is -0.592. The minimum atomic E-state index is -1.09. The Hall–Kier alpha value is -1.66. The molecule has 2 rings (SSSR count). The molecule has 0 aliphatic rings. The second kappa shape index (κ2) is 5.99. The lowest BCUT2D eigenvalue weighted by atomic mass is 10.1. The summed E-state index contributed by atoms with van der Waals surface area (Å²) in [4.78, 5) is 10.7. The predicted molar refractivity (Wildman–Crippen MR) is 72.9 cm³/mol. The van der Waals surface area contributed by atoms with Crippen LogP contribution in [0.2, 0.25) is 0 Å². The van der Waals surface area contributed by atoms with Gasteiger partial charge in [0, 0.05) is 16.6 Å². The van der Waals surface area contributed by atoms with Crippen LogP contribution in [0.25, 0.3) is 0 Å². The van der Waals surface area contributed by atoms with Crippen molar-refractivity contribution in [2.45, 2.75) is 19.5 Å². The van der Waals surface area contributed by atoms with E-state index in [0.29, 0.717) is 12.3 Å². The fraction of sp³-hybridized carbons (Fsp3) is 0.231. The molecule has 0 aliphatic heterocycles. The van der Waals surface area contributed by atoms with Gasteiger partial charge in [-0.2, -0.15) is 0 Å². The van der Waals surface area contributed by atoms with Crippen molar-refractivity contribution in [2.75, 3.05) is 0 Å². The monoisotopic (exact) mass is 324 g/mol. The van der Waals surface area contributed by atoms with Crippen LogP contribution in [0.4, 0.5) is 0 Å².